The number of nitrogens with one attached hydrogen (secondary N) is 1. The molecule has 2 aliphatic heterocycles. The van der Waals surface area contributed by atoms with Gasteiger partial charge in [0.05, 0.1) is 6.20 Å². The van der Waals surface area contributed by atoms with E-state index in [1.807, 2.05) is 4.90 Å². The Morgan fingerprint density at radius 2 is 2.23 bits per heavy atom. The van der Waals surface area contributed by atoms with Gasteiger partial charge < -0.3 is 20.4 Å². The summed E-state index contributed by atoms with van der Waals surface area (Å²) in [4.78, 5) is 18.8. The molecular formula is C16H24N4O2. The van der Waals surface area contributed by atoms with Crippen molar-refractivity contribution in [3.63, 3.8) is 0 Å². The van der Waals surface area contributed by atoms with Crippen LogP contribution in [0, 0.1) is 5.92 Å². The molecule has 0 aromatic carbocycles. The van der Waals surface area contributed by atoms with Crippen LogP contribution < -0.4 is 11.1 Å². The van der Waals surface area contributed by atoms with Crippen LogP contribution in [0.5, 0.6) is 0 Å². The number of fused-ring (bicyclic) bond motifs is 1. The Balaban J connectivity index is 1.46. The Kier molecular flexibility index (Phi) is 3.46. The predicted molar refractivity (Wildman–Crippen MR) is 81.5 cm³/mol. The maximum Gasteiger partial charge on any atom is 0.291 e. The van der Waals surface area contributed by atoms with Gasteiger partial charge in [0.2, 0.25) is 5.76 Å². The Labute approximate surface area is 130 Å². The Hall–Kier alpha value is -1.40. The van der Waals surface area contributed by atoms with Crippen molar-refractivity contribution < 1.29 is 9.21 Å². The van der Waals surface area contributed by atoms with Crippen molar-refractivity contribution in [3.8, 4) is 0 Å². The van der Waals surface area contributed by atoms with E-state index < -0.39 is 0 Å². The van der Waals surface area contributed by atoms with Crippen molar-refractivity contribution >= 4 is 5.91 Å². The van der Waals surface area contributed by atoms with E-state index in [0.29, 0.717) is 30.0 Å². The predicted octanol–water partition coefficient (Wildman–Crippen LogP) is 1.09. The van der Waals surface area contributed by atoms with E-state index in [1.54, 1.807) is 6.20 Å². The molecule has 4 rings (SSSR count). The van der Waals surface area contributed by atoms with Crippen molar-refractivity contribution in [1.82, 2.24) is 15.2 Å². The largest absolute Gasteiger partial charge is 0.435 e. The van der Waals surface area contributed by atoms with Crippen LogP contribution >= 0.6 is 0 Å². The molecule has 1 amide bonds. The second kappa shape index (κ2) is 5.35. The third kappa shape index (κ3) is 2.34. The minimum atomic E-state index is -0.173. The smallest absolute Gasteiger partial charge is 0.291 e. The first-order valence-corrected chi connectivity index (χ1v) is 8.40. The quantitative estimate of drug-likeness (QED) is 0.854. The Morgan fingerprint density at radius 3 is 3.00 bits per heavy atom. The highest BCUT2D eigenvalue weighted by Crippen LogP contribution is 2.40. The summed E-state index contributed by atoms with van der Waals surface area (Å²) in [7, 11) is 0. The van der Waals surface area contributed by atoms with Crippen LogP contribution in [0.15, 0.2) is 10.6 Å². The molecule has 1 aliphatic carbocycles. The molecule has 1 aromatic rings. The van der Waals surface area contributed by atoms with Gasteiger partial charge >= 0.3 is 0 Å². The van der Waals surface area contributed by atoms with Crippen LogP contribution in [0.2, 0.25) is 0 Å². The molecule has 0 spiro atoms. The summed E-state index contributed by atoms with van der Waals surface area (Å²) in [6, 6.07) is 0. The van der Waals surface area contributed by atoms with E-state index in [0.717, 1.165) is 45.3 Å². The summed E-state index contributed by atoms with van der Waals surface area (Å²) in [5.41, 5.74) is 6.27. The van der Waals surface area contributed by atoms with Gasteiger partial charge in [-0.1, -0.05) is 6.42 Å². The normalized spacial score (nSPS) is 32.4. The molecule has 3 N–H and O–H groups in total. The lowest BCUT2D eigenvalue weighted by Gasteiger charge is -2.22. The molecule has 3 heterocycles. The summed E-state index contributed by atoms with van der Waals surface area (Å²) in [6.45, 7) is 3.39. The number of hydrogen-bond donors (Lipinski definition) is 2. The van der Waals surface area contributed by atoms with Crippen LogP contribution in [0.4, 0.5) is 0 Å². The molecule has 22 heavy (non-hydrogen) atoms. The van der Waals surface area contributed by atoms with Crippen LogP contribution in [-0.4, -0.2) is 47.5 Å². The van der Waals surface area contributed by atoms with E-state index in [4.69, 9.17) is 10.2 Å². The summed E-state index contributed by atoms with van der Waals surface area (Å²) in [6.07, 6.45) is 6.98. The van der Waals surface area contributed by atoms with Crippen LogP contribution in [0.25, 0.3) is 0 Å². The average Bonchev–Trinajstić information content (AvgIpc) is 3.20. The first kappa shape index (κ1) is 14.2. The molecule has 1 aromatic heterocycles. The van der Waals surface area contributed by atoms with Gasteiger partial charge in [0, 0.05) is 24.5 Å². The summed E-state index contributed by atoms with van der Waals surface area (Å²) < 4.78 is 5.78. The minimum Gasteiger partial charge on any atom is -0.435 e. The molecule has 0 radical (unpaired) electrons. The fraction of sp³-hybridized carbons (Fsp3) is 0.750. The fourth-order valence-corrected chi connectivity index (χ4v) is 4.29. The number of likely N-dealkylation sites (tertiary alicyclic amines) is 1. The van der Waals surface area contributed by atoms with E-state index in [9.17, 15) is 4.79 Å². The highest BCUT2D eigenvalue weighted by molar-refractivity contribution is 5.91. The molecule has 3 fully saturated rings. The van der Waals surface area contributed by atoms with Crippen LogP contribution in [0.1, 0.15) is 54.5 Å². The van der Waals surface area contributed by atoms with Gasteiger partial charge in [0.15, 0.2) is 5.89 Å². The molecule has 2 atom stereocenters. The van der Waals surface area contributed by atoms with E-state index in [1.165, 1.54) is 6.42 Å². The van der Waals surface area contributed by atoms with Crippen molar-refractivity contribution in [1.29, 1.82) is 0 Å². The zero-order valence-corrected chi connectivity index (χ0v) is 12.9. The van der Waals surface area contributed by atoms with Gasteiger partial charge in [0.25, 0.3) is 5.91 Å². The lowest BCUT2D eigenvalue weighted by Crippen LogP contribution is -2.44. The maximum absolute atomic E-state index is 12.6. The number of nitrogens with zero attached hydrogens (tertiary/aromatic N) is 2. The molecule has 2 saturated heterocycles. The lowest BCUT2D eigenvalue weighted by molar-refractivity contribution is 0.0743. The summed E-state index contributed by atoms with van der Waals surface area (Å²) in [5.74, 6) is 1.82. The third-order valence-electron chi connectivity index (χ3n) is 5.64. The zero-order chi connectivity index (χ0) is 15.2. The van der Waals surface area contributed by atoms with E-state index in [-0.39, 0.29) is 11.4 Å². The van der Waals surface area contributed by atoms with Crippen LogP contribution in [-0.2, 0) is 0 Å². The number of carbonyl (C=O) groups excluding carboxylic acids is 1. The van der Waals surface area contributed by atoms with Gasteiger partial charge in [-0.2, -0.15) is 0 Å². The van der Waals surface area contributed by atoms with Gasteiger partial charge in [-0.05, 0) is 44.7 Å². The summed E-state index contributed by atoms with van der Waals surface area (Å²) >= 11 is 0. The maximum atomic E-state index is 12.6. The zero-order valence-electron chi connectivity index (χ0n) is 12.9. The van der Waals surface area contributed by atoms with E-state index >= 15 is 0 Å². The number of hydrogen-bond acceptors (Lipinski definition) is 5. The molecule has 1 saturated carbocycles. The van der Waals surface area contributed by atoms with Gasteiger partial charge in [-0.15, -0.1) is 0 Å². The monoisotopic (exact) mass is 304 g/mol. The molecule has 120 valence electrons. The van der Waals surface area contributed by atoms with Crippen molar-refractivity contribution in [2.24, 2.45) is 11.7 Å². The van der Waals surface area contributed by atoms with Gasteiger partial charge in [-0.3, -0.25) is 4.79 Å². The molecule has 3 aliphatic rings. The minimum absolute atomic E-state index is 0.0492. The molecule has 6 heteroatoms. The number of amides is 1. The number of nitrogens with two attached hydrogens (primary N) is 1. The highest BCUT2D eigenvalue weighted by Gasteiger charge is 2.48. The number of oxazole rings is 1. The highest BCUT2D eigenvalue weighted by atomic mass is 16.4. The van der Waals surface area contributed by atoms with Crippen LogP contribution in [0.3, 0.4) is 0 Å². The second-order valence-corrected chi connectivity index (χ2v) is 7.10. The topological polar surface area (TPSA) is 84.4 Å². The second-order valence-electron chi connectivity index (χ2n) is 7.10. The number of aromatic nitrogens is 1. The SMILES string of the molecule is NC12CCCC1CN(C(=O)c1cnc(C3CCNCC3)o1)C2. The average molecular weight is 304 g/mol. The first-order valence-electron chi connectivity index (χ1n) is 8.40. The Morgan fingerprint density at radius 1 is 1.41 bits per heavy atom. The number of rotatable bonds is 2. The molecular weight excluding hydrogens is 280 g/mol. The molecule has 0 bridgehead atoms. The van der Waals surface area contributed by atoms with Crippen molar-refractivity contribution in [3.05, 3.63) is 17.8 Å². The Bertz CT molecular complexity index is 566. The van der Waals surface area contributed by atoms with Gasteiger partial charge in [-0.25, -0.2) is 4.98 Å². The van der Waals surface area contributed by atoms with Crippen molar-refractivity contribution in [2.45, 2.75) is 43.6 Å². The lowest BCUT2D eigenvalue weighted by atomic mass is 9.92. The third-order valence-corrected chi connectivity index (χ3v) is 5.64. The summed E-state index contributed by atoms with van der Waals surface area (Å²) in [5, 5.41) is 3.33. The molecule has 2 unspecified atom stereocenters. The molecule has 6 nitrogen and oxygen atoms in total. The number of carbonyl (C=O) groups is 1. The number of piperidine rings is 1. The first-order chi connectivity index (χ1) is 10.7. The fourth-order valence-electron chi connectivity index (χ4n) is 4.29. The van der Waals surface area contributed by atoms with Crippen molar-refractivity contribution in [2.75, 3.05) is 26.2 Å². The standard InChI is InChI=1S/C16H24N4O2/c17-16-5-1-2-12(16)9-20(10-16)15(21)13-8-19-14(22-13)11-3-6-18-7-4-11/h8,11-12,18H,1-7,9-10,17H2. The van der Waals surface area contributed by atoms with Gasteiger partial charge in [0.1, 0.15) is 0 Å². The van der Waals surface area contributed by atoms with E-state index in [2.05, 4.69) is 10.3 Å².